The van der Waals surface area contributed by atoms with E-state index in [0.29, 0.717) is 6.42 Å². The molecule has 272 valence electrons. The van der Waals surface area contributed by atoms with Gasteiger partial charge in [0.05, 0.1) is 25.4 Å². The van der Waals surface area contributed by atoms with Gasteiger partial charge in [-0.1, -0.05) is 148 Å². The van der Waals surface area contributed by atoms with E-state index < -0.39 is 49.5 Å². The van der Waals surface area contributed by atoms with E-state index in [0.717, 1.165) is 38.5 Å². The Bertz CT molecular complexity index is 736. The summed E-state index contributed by atoms with van der Waals surface area (Å²) in [6, 6.07) is -0.795. The van der Waals surface area contributed by atoms with Crippen LogP contribution in [-0.4, -0.2) is 87.5 Å². The summed E-state index contributed by atoms with van der Waals surface area (Å²) in [4.78, 5) is 12.8. The lowest BCUT2D eigenvalue weighted by Gasteiger charge is -2.40. The van der Waals surface area contributed by atoms with E-state index >= 15 is 0 Å². The fraction of sp³-hybridized carbons (Fsp3) is 0.919. The second-order valence-corrected chi connectivity index (χ2v) is 13.4. The molecule has 1 amide bonds. The van der Waals surface area contributed by atoms with Gasteiger partial charge in [-0.25, -0.2) is 0 Å². The predicted octanol–water partition coefficient (Wildman–Crippen LogP) is 6.22. The Morgan fingerprint density at radius 1 is 0.717 bits per heavy atom. The number of aliphatic hydroxyl groups is 5. The first kappa shape index (κ1) is 43.0. The lowest BCUT2D eigenvalue weighted by molar-refractivity contribution is -0.302. The maximum atomic E-state index is 12.8. The molecule has 1 aliphatic heterocycles. The number of ether oxygens (including phenoxy) is 2. The van der Waals surface area contributed by atoms with Crippen molar-refractivity contribution in [2.45, 2.75) is 204 Å². The third kappa shape index (κ3) is 20.3. The number of carbonyl (C=O) groups is 1. The van der Waals surface area contributed by atoms with Gasteiger partial charge in [0.1, 0.15) is 24.4 Å². The van der Waals surface area contributed by atoms with Crippen LogP contribution in [0.25, 0.3) is 0 Å². The molecular weight excluding hydrogens is 586 g/mol. The summed E-state index contributed by atoms with van der Waals surface area (Å²) in [5.74, 6) is -0.182. The number of carbonyl (C=O) groups excluding carboxylic acids is 1. The third-order valence-electron chi connectivity index (χ3n) is 9.11. The fourth-order valence-electron chi connectivity index (χ4n) is 5.98. The average molecular weight is 658 g/mol. The van der Waals surface area contributed by atoms with Crippen LogP contribution in [0.5, 0.6) is 0 Å². The van der Waals surface area contributed by atoms with Crippen molar-refractivity contribution in [2.24, 2.45) is 0 Å². The van der Waals surface area contributed by atoms with Gasteiger partial charge in [0, 0.05) is 6.42 Å². The topological polar surface area (TPSA) is 149 Å². The number of aliphatic hydroxyl groups excluding tert-OH is 5. The molecule has 46 heavy (non-hydrogen) atoms. The van der Waals surface area contributed by atoms with Gasteiger partial charge < -0.3 is 40.3 Å². The first-order valence-electron chi connectivity index (χ1n) is 18.9. The Labute approximate surface area is 280 Å². The smallest absolute Gasteiger partial charge is 0.220 e. The van der Waals surface area contributed by atoms with Crippen molar-refractivity contribution in [2.75, 3.05) is 13.2 Å². The summed E-state index contributed by atoms with van der Waals surface area (Å²) in [7, 11) is 0. The van der Waals surface area contributed by atoms with Crippen molar-refractivity contribution in [1.29, 1.82) is 0 Å². The van der Waals surface area contributed by atoms with E-state index in [-0.39, 0.29) is 12.5 Å². The summed E-state index contributed by atoms with van der Waals surface area (Å²) in [5, 5.41) is 53.8. The molecule has 1 saturated heterocycles. The highest BCUT2D eigenvalue weighted by Crippen LogP contribution is 2.22. The van der Waals surface area contributed by atoms with E-state index in [9.17, 15) is 30.3 Å². The van der Waals surface area contributed by atoms with Gasteiger partial charge in [0.15, 0.2) is 6.29 Å². The molecule has 0 bridgehead atoms. The number of rotatable bonds is 30. The van der Waals surface area contributed by atoms with Crippen LogP contribution in [0, 0.1) is 0 Å². The van der Waals surface area contributed by atoms with Crippen LogP contribution in [0.2, 0.25) is 0 Å². The van der Waals surface area contributed by atoms with E-state index in [2.05, 4.69) is 19.2 Å². The molecule has 1 heterocycles. The van der Waals surface area contributed by atoms with Crippen LogP contribution in [0.4, 0.5) is 0 Å². The standard InChI is InChI=1S/C37H71NO8/c1-3-5-7-9-11-13-14-15-16-17-19-20-22-24-26-31(40)30(29-45-37-36(44)35(43)34(42)32(28-39)46-37)38-33(41)27-25-23-21-18-12-10-8-6-4-2/h24,26,30-32,34-37,39-40,42-44H,3-23,25,27-29H2,1-2H3,(H,38,41)/b26-24+/t30-,31+,32+,34+,35?,36?,37+/m0/s1. The molecule has 0 aromatic rings. The van der Waals surface area contributed by atoms with E-state index in [4.69, 9.17) is 9.47 Å². The first-order valence-corrected chi connectivity index (χ1v) is 18.9. The lowest BCUT2D eigenvalue weighted by Crippen LogP contribution is -2.60. The zero-order valence-corrected chi connectivity index (χ0v) is 29.3. The molecule has 0 aromatic carbocycles. The molecule has 0 spiro atoms. The molecule has 1 rings (SSSR count). The highest BCUT2D eigenvalue weighted by Gasteiger charge is 2.44. The highest BCUT2D eigenvalue weighted by molar-refractivity contribution is 5.76. The van der Waals surface area contributed by atoms with Crippen molar-refractivity contribution < 1.29 is 39.8 Å². The van der Waals surface area contributed by atoms with Gasteiger partial charge in [-0.05, 0) is 19.3 Å². The van der Waals surface area contributed by atoms with Gasteiger partial charge in [-0.2, -0.15) is 0 Å². The second kappa shape index (κ2) is 28.9. The molecule has 1 fully saturated rings. The number of unbranched alkanes of at least 4 members (excludes halogenated alkanes) is 20. The number of hydrogen-bond donors (Lipinski definition) is 6. The first-order chi connectivity index (χ1) is 22.3. The Balaban J connectivity index is 2.46. The summed E-state index contributed by atoms with van der Waals surface area (Å²) < 4.78 is 11.1. The van der Waals surface area contributed by atoms with Gasteiger partial charge >= 0.3 is 0 Å². The molecule has 9 nitrogen and oxygen atoms in total. The molecule has 1 aliphatic rings. The van der Waals surface area contributed by atoms with Crippen LogP contribution < -0.4 is 5.32 Å². The van der Waals surface area contributed by atoms with Crippen molar-refractivity contribution in [3.63, 3.8) is 0 Å². The normalized spacial score (nSPS) is 23.2. The minimum absolute atomic E-state index is 0.182. The maximum Gasteiger partial charge on any atom is 0.220 e. The highest BCUT2D eigenvalue weighted by atomic mass is 16.7. The van der Waals surface area contributed by atoms with Gasteiger partial charge in [0.25, 0.3) is 0 Å². The fourth-order valence-corrected chi connectivity index (χ4v) is 5.98. The SMILES string of the molecule is CCCCCCCCCCCCCC/C=C/[C@@H](O)[C@H](CO[C@@H]1O[C@H](CO)[C@@H](O)C(O)C1O)NC(=O)CCCCCCCCCCC. The van der Waals surface area contributed by atoms with Crippen LogP contribution in [-0.2, 0) is 14.3 Å². The second-order valence-electron chi connectivity index (χ2n) is 13.4. The number of allylic oxidation sites excluding steroid dienone is 1. The Morgan fingerprint density at radius 2 is 1.20 bits per heavy atom. The number of hydrogen-bond acceptors (Lipinski definition) is 8. The van der Waals surface area contributed by atoms with E-state index in [1.165, 1.54) is 103 Å². The molecular formula is C37H71NO8. The minimum atomic E-state index is -1.56. The number of amides is 1. The quantitative estimate of drug-likeness (QED) is 0.0394. The third-order valence-corrected chi connectivity index (χ3v) is 9.11. The van der Waals surface area contributed by atoms with Crippen molar-refractivity contribution in [3.05, 3.63) is 12.2 Å². The van der Waals surface area contributed by atoms with E-state index in [1.807, 2.05) is 6.08 Å². The Hall–Kier alpha value is -1.07. The van der Waals surface area contributed by atoms with Gasteiger partial charge in [-0.15, -0.1) is 0 Å². The summed E-state index contributed by atoms with van der Waals surface area (Å²) in [6.45, 7) is 3.72. The molecule has 7 atom stereocenters. The number of nitrogens with one attached hydrogen (secondary N) is 1. The van der Waals surface area contributed by atoms with Crippen molar-refractivity contribution >= 4 is 5.91 Å². The Morgan fingerprint density at radius 3 is 1.70 bits per heavy atom. The van der Waals surface area contributed by atoms with Crippen molar-refractivity contribution in [3.8, 4) is 0 Å². The monoisotopic (exact) mass is 658 g/mol. The van der Waals surface area contributed by atoms with Crippen LogP contribution in [0.1, 0.15) is 162 Å². The minimum Gasteiger partial charge on any atom is -0.394 e. The van der Waals surface area contributed by atoms with Crippen LogP contribution in [0.3, 0.4) is 0 Å². The average Bonchev–Trinajstić information content (AvgIpc) is 3.05. The van der Waals surface area contributed by atoms with Crippen LogP contribution in [0.15, 0.2) is 12.2 Å². The Kier molecular flexibility index (Phi) is 27.0. The van der Waals surface area contributed by atoms with E-state index in [1.54, 1.807) is 6.08 Å². The van der Waals surface area contributed by atoms with Crippen LogP contribution >= 0.6 is 0 Å². The molecule has 0 radical (unpaired) electrons. The predicted molar refractivity (Wildman–Crippen MR) is 184 cm³/mol. The molecule has 0 aliphatic carbocycles. The molecule has 0 aromatic heterocycles. The summed E-state index contributed by atoms with van der Waals surface area (Å²) in [5.41, 5.74) is 0. The van der Waals surface area contributed by atoms with Crippen molar-refractivity contribution in [1.82, 2.24) is 5.32 Å². The van der Waals surface area contributed by atoms with Gasteiger partial charge in [-0.3, -0.25) is 4.79 Å². The lowest BCUT2D eigenvalue weighted by atomic mass is 9.99. The zero-order valence-electron chi connectivity index (χ0n) is 29.3. The molecule has 2 unspecified atom stereocenters. The van der Waals surface area contributed by atoms with Gasteiger partial charge in [0.2, 0.25) is 5.91 Å². The maximum absolute atomic E-state index is 12.8. The molecule has 9 heteroatoms. The zero-order chi connectivity index (χ0) is 33.8. The summed E-state index contributed by atoms with van der Waals surface area (Å²) >= 11 is 0. The molecule has 6 N–H and O–H groups in total. The summed E-state index contributed by atoms with van der Waals surface area (Å²) in [6.07, 6.45) is 22.6. The molecule has 0 saturated carbocycles. The largest absolute Gasteiger partial charge is 0.394 e.